The van der Waals surface area contributed by atoms with Crippen molar-refractivity contribution in [1.29, 1.82) is 0 Å². The summed E-state index contributed by atoms with van der Waals surface area (Å²) in [4.78, 5) is 45.4. The van der Waals surface area contributed by atoms with Crippen LogP contribution in [0.4, 0.5) is 0 Å². The Labute approximate surface area is 271 Å². The Morgan fingerprint density at radius 2 is 1.20 bits per heavy atom. The van der Waals surface area contributed by atoms with E-state index in [9.17, 15) is 34.1 Å². The molecule has 0 fully saturated rings. The van der Waals surface area contributed by atoms with Crippen molar-refractivity contribution in [3.8, 4) is 0 Å². The van der Waals surface area contributed by atoms with Crippen molar-refractivity contribution in [3.05, 3.63) is 12.2 Å². The van der Waals surface area contributed by atoms with Gasteiger partial charge < -0.3 is 25.2 Å². The molecule has 0 saturated heterocycles. The molecule has 0 aromatic rings. The van der Waals surface area contributed by atoms with Crippen LogP contribution in [0.2, 0.25) is 0 Å². The molecule has 0 aliphatic rings. The van der Waals surface area contributed by atoms with E-state index >= 15 is 0 Å². The number of hydrogen-bond donors (Lipinski definition) is 4. The summed E-state index contributed by atoms with van der Waals surface area (Å²) < 4.78 is 26.6. The lowest BCUT2D eigenvalue weighted by atomic mass is 10.1. The monoisotopic (exact) mass is 663 g/mol. The summed E-state index contributed by atoms with van der Waals surface area (Å²) in [6.45, 7) is 2.47. The minimum atomic E-state index is -4.74. The van der Waals surface area contributed by atoms with E-state index in [1.807, 2.05) is 0 Å². The second kappa shape index (κ2) is 29.6. The zero-order valence-electron chi connectivity index (χ0n) is 27.9. The highest BCUT2D eigenvalue weighted by molar-refractivity contribution is 7.47. The molecule has 0 saturated carbocycles. The minimum Gasteiger partial charge on any atom is -0.480 e. The molecule has 3 unspecified atom stereocenters. The number of carboxylic acid groups (broad SMARTS) is 1. The van der Waals surface area contributed by atoms with Crippen LogP contribution < -0.4 is 5.32 Å². The van der Waals surface area contributed by atoms with Crippen molar-refractivity contribution < 1.29 is 47.8 Å². The summed E-state index contributed by atoms with van der Waals surface area (Å²) in [5, 5.41) is 21.6. The predicted octanol–water partition coefficient (Wildman–Crippen LogP) is 7.38. The normalized spacial score (nSPS) is 14.2. The highest BCUT2D eigenvalue weighted by Crippen LogP contribution is 2.43. The Morgan fingerprint density at radius 3 is 1.78 bits per heavy atom. The number of aliphatic carboxylic acids is 1. The third-order valence-corrected chi connectivity index (χ3v) is 8.24. The third-order valence-electron chi connectivity index (χ3n) is 7.29. The molecule has 0 aromatic heterocycles. The van der Waals surface area contributed by atoms with Gasteiger partial charge in [-0.3, -0.25) is 18.6 Å². The molecule has 0 bridgehead atoms. The number of esters is 1. The van der Waals surface area contributed by atoms with Gasteiger partial charge in [0, 0.05) is 12.8 Å². The molecule has 0 heterocycles. The van der Waals surface area contributed by atoms with Gasteiger partial charge in [0.15, 0.2) is 6.04 Å². The summed E-state index contributed by atoms with van der Waals surface area (Å²) in [7, 11) is -4.74. The first kappa shape index (κ1) is 43.2. The lowest BCUT2D eigenvalue weighted by molar-refractivity contribution is -0.147. The van der Waals surface area contributed by atoms with E-state index in [-0.39, 0.29) is 12.8 Å². The van der Waals surface area contributed by atoms with Gasteiger partial charge in [-0.2, -0.15) is 0 Å². The van der Waals surface area contributed by atoms with Crippen LogP contribution in [0.1, 0.15) is 149 Å². The molecule has 0 radical (unpaired) electrons. The fraction of sp³-hybridized carbons (Fsp3) is 0.848. The molecule has 45 heavy (non-hydrogen) atoms. The largest absolute Gasteiger partial charge is 0.480 e. The fourth-order valence-electron chi connectivity index (χ4n) is 4.55. The number of carbonyl (C=O) groups is 3. The average Bonchev–Trinajstić information content (AvgIpc) is 3.00. The Morgan fingerprint density at radius 1 is 0.689 bits per heavy atom. The maximum atomic E-state index is 12.2. The summed E-state index contributed by atoms with van der Waals surface area (Å²) in [5.74, 6) is -2.38. The molecule has 4 N–H and O–H groups in total. The molecule has 1 amide bonds. The first-order chi connectivity index (χ1) is 21.6. The molecule has 11 nitrogen and oxygen atoms in total. The number of unbranched alkanes of at least 4 members (excludes halogenated alkanes) is 16. The van der Waals surface area contributed by atoms with Crippen LogP contribution in [0, 0.1) is 0 Å². The van der Waals surface area contributed by atoms with Crippen molar-refractivity contribution in [2.45, 2.75) is 161 Å². The van der Waals surface area contributed by atoms with Crippen LogP contribution in [0.15, 0.2) is 12.2 Å². The molecular weight excluding hydrogens is 601 g/mol. The van der Waals surface area contributed by atoms with Crippen LogP contribution >= 0.6 is 7.82 Å². The number of carboxylic acids is 1. The summed E-state index contributed by atoms with van der Waals surface area (Å²) in [6.07, 6.45) is 24.0. The molecule has 0 aliphatic heterocycles. The molecule has 0 rings (SSSR count). The number of aliphatic hydroxyl groups excluding tert-OH is 1. The van der Waals surface area contributed by atoms with Gasteiger partial charge in [0.25, 0.3) is 0 Å². The van der Waals surface area contributed by atoms with Crippen LogP contribution in [0.25, 0.3) is 0 Å². The van der Waals surface area contributed by atoms with Gasteiger partial charge in [-0.25, -0.2) is 9.36 Å². The van der Waals surface area contributed by atoms with Gasteiger partial charge in [-0.1, -0.05) is 116 Å². The minimum absolute atomic E-state index is 0.149. The molecule has 0 spiro atoms. The van der Waals surface area contributed by atoms with E-state index in [1.165, 1.54) is 44.9 Å². The smallest absolute Gasteiger partial charge is 0.472 e. The van der Waals surface area contributed by atoms with Crippen molar-refractivity contribution in [1.82, 2.24) is 5.32 Å². The number of carbonyl (C=O) groups excluding carboxylic acids is 2. The highest BCUT2D eigenvalue weighted by atomic mass is 31.2. The van der Waals surface area contributed by atoms with Gasteiger partial charge >= 0.3 is 19.8 Å². The predicted molar refractivity (Wildman–Crippen MR) is 176 cm³/mol. The van der Waals surface area contributed by atoms with Crippen molar-refractivity contribution in [2.24, 2.45) is 0 Å². The molecule has 264 valence electrons. The summed E-state index contributed by atoms with van der Waals surface area (Å²) in [6, 6.07) is -1.54. The number of ether oxygens (including phenoxy) is 1. The van der Waals surface area contributed by atoms with Gasteiger partial charge in [-0.05, 0) is 32.1 Å². The molecule has 12 heteroatoms. The van der Waals surface area contributed by atoms with Crippen LogP contribution in [0.3, 0.4) is 0 Å². The lowest BCUT2D eigenvalue weighted by Crippen LogP contribution is -2.43. The second-order valence-corrected chi connectivity index (χ2v) is 13.2. The lowest BCUT2D eigenvalue weighted by Gasteiger charge is -2.18. The second-order valence-electron chi connectivity index (χ2n) is 11.7. The van der Waals surface area contributed by atoms with Gasteiger partial charge in [0.2, 0.25) is 5.91 Å². The van der Waals surface area contributed by atoms with E-state index in [1.54, 1.807) is 0 Å². The number of nitrogens with one attached hydrogen (secondary N) is 1. The van der Waals surface area contributed by atoms with E-state index in [4.69, 9.17) is 13.8 Å². The Bertz CT molecular complexity index is 838. The Balaban J connectivity index is 4.03. The van der Waals surface area contributed by atoms with Crippen molar-refractivity contribution in [3.63, 3.8) is 0 Å². The SMILES string of the molecule is CCC/C=C\CCCCCCCC(=O)OCC(O)COP(=O)(O)OCC(NC(=O)CCCCCCCCCCCCC)C(=O)O. The number of phosphoric ester groups is 1. The van der Waals surface area contributed by atoms with Crippen LogP contribution in [0.5, 0.6) is 0 Å². The first-order valence-corrected chi connectivity index (χ1v) is 18.7. The number of phosphoric acid groups is 1. The first-order valence-electron chi connectivity index (χ1n) is 17.2. The number of rotatable bonds is 32. The van der Waals surface area contributed by atoms with Crippen molar-refractivity contribution >= 4 is 25.7 Å². The Kier molecular flexibility index (Phi) is 28.4. The van der Waals surface area contributed by atoms with E-state index in [0.29, 0.717) is 12.8 Å². The quantitative estimate of drug-likeness (QED) is 0.0247. The van der Waals surface area contributed by atoms with Crippen LogP contribution in [-0.4, -0.2) is 64.9 Å². The van der Waals surface area contributed by atoms with Gasteiger partial charge in [-0.15, -0.1) is 0 Å². The molecule has 0 aromatic carbocycles. The number of hydrogen-bond acceptors (Lipinski definition) is 8. The van der Waals surface area contributed by atoms with Gasteiger partial charge in [0.05, 0.1) is 13.2 Å². The molecule has 0 aliphatic carbocycles. The number of amides is 1. The zero-order chi connectivity index (χ0) is 33.6. The van der Waals surface area contributed by atoms with Crippen molar-refractivity contribution in [2.75, 3.05) is 19.8 Å². The highest BCUT2D eigenvalue weighted by Gasteiger charge is 2.28. The molecule has 3 atom stereocenters. The Hall–Kier alpha value is -1.78. The van der Waals surface area contributed by atoms with E-state index < -0.39 is 57.6 Å². The molecular formula is C33H62NO10P. The van der Waals surface area contributed by atoms with Gasteiger partial charge in [0.1, 0.15) is 12.7 Å². The number of aliphatic hydroxyl groups is 1. The summed E-state index contributed by atoms with van der Waals surface area (Å²) >= 11 is 0. The zero-order valence-corrected chi connectivity index (χ0v) is 28.8. The third kappa shape index (κ3) is 29.4. The fourth-order valence-corrected chi connectivity index (χ4v) is 5.32. The van der Waals surface area contributed by atoms with Crippen LogP contribution in [-0.2, 0) is 32.7 Å². The maximum Gasteiger partial charge on any atom is 0.472 e. The summed E-state index contributed by atoms with van der Waals surface area (Å²) in [5.41, 5.74) is 0. The maximum absolute atomic E-state index is 12.2. The average molecular weight is 664 g/mol. The number of allylic oxidation sites excluding steroid dienone is 2. The van der Waals surface area contributed by atoms with E-state index in [0.717, 1.165) is 64.2 Å². The van der Waals surface area contributed by atoms with E-state index in [2.05, 4.69) is 31.3 Å². The standard InChI is InChI=1S/C33H62NO10P/c1-3-5-7-9-11-13-15-16-18-20-22-24-31(36)34-30(33(38)39)28-44-45(40,41)43-27-29(35)26-42-32(37)25-23-21-19-17-14-12-10-8-6-4-2/h8,10,29-30,35H,3-7,9,11-28H2,1-2H3,(H,34,36)(H,38,39)(H,40,41)/b10-8-. The topological polar surface area (TPSA) is 169 Å².